The number of aromatic nitrogens is 2. The highest BCUT2D eigenvalue weighted by molar-refractivity contribution is 9.10. The standard InChI is InChI=1S/C13H16BrN3/c1-7(2)11-12(16-17-13(11)15)9-5-4-8(3)10(14)6-9/h4-7H,1-3H3,(H3,15,16,17). The van der Waals surface area contributed by atoms with Crippen LogP contribution in [-0.2, 0) is 0 Å². The van der Waals surface area contributed by atoms with Crippen LogP contribution in [0.1, 0.15) is 30.9 Å². The molecule has 2 aromatic rings. The zero-order chi connectivity index (χ0) is 12.6. The molecule has 17 heavy (non-hydrogen) atoms. The van der Waals surface area contributed by atoms with Crippen LogP contribution in [0.3, 0.4) is 0 Å². The van der Waals surface area contributed by atoms with Crippen molar-refractivity contribution in [2.24, 2.45) is 0 Å². The maximum absolute atomic E-state index is 5.89. The highest BCUT2D eigenvalue weighted by atomic mass is 79.9. The normalized spacial score (nSPS) is 11.1. The molecular weight excluding hydrogens is 278 g/mol. The fourth-order valence-corrected chi connectivity index (χ4v) is 2.30. The van der Waals surface area contributed by atoms with Gasteiger partial charge in [0.1, 0.15) is 5.82 Å². The zero-order valence-electron chi connectivity index (χ0n) is 10.2. The predicted molar refractivity (Wildman–Crippen MR) is 75.0 cm³/mol. The van der Waals surface area contributed by atoms with E-state index in [0.717, 1.165) is 21.3 Å². The van der Waals surface area contributed by atoms with Gasteiger partial charge < -0.3 is 5.73 Å². The van der Waals surface area contributed by atoms with Crippen molar-refractivity contribution in [2.45, 2.75) is 26.7 Å². The number of H-pyrrole nitrogens is 1. The van der Waals surface area contributed by atoms with Crippen LogP contribution in [0.25, 0.3) is 11.3 Å². The van der Waals surface area contributed by atoms with E-state index in [4.69, 9.17) is 5.73 Å². The summed E-state index contributed by atoms with van der Waals surface area (Å²) in [5.41, 5.74) is 10.3. The lowest BCUT2D eigenvalue weighted by molar-refractivity contribution is 0.873. The van der Waals surface area contributed by atoms with Crippen LogP contribution in [0.5, 0.6) is 0 Å². The van der Waals surface area contributed by atoms with Gasteiger partial charge in [-0.3, -0.25) is 5.10 Å². The number of nitrogens with two attached hydrogens (primary N) is 1. The number of benzene rings is 1. The van der Waals surface area contributed by atoms with Crippen LogP contribution in [0.2, 0.25) is 0 Å². The summed E-state index contributed by atoms with van der Waals surface area (Å²) in [5, 5.41) is 7.13. The topological polar surface area (TPSA) is 54.7 Å². The third-order valence-corrected chi connectivity index (χ3v) is 3.73. The van der Waals surface area contributed by atoms with Gasteiger partial charge in [-0.15, -0.1) is 0 Å². The number of anilines is 1. The van der Waals surface area contributed by atoms with E-state index in [-0.39, 0.29) is 0 Å². The molecule has 0 radical (unpaired) electrons. The van der Waals surface area contributed by atoms with E-state index in [1.165, 1.54) is 5.56 Å². The lowest BCUT2D eigenvalue weighted by Crippen LogP contribution is -1.95. The largest absolute Gasteiger partial charge is 0.382 e. The number of halogens is 1. The van der Waals surface area contributed by atoms with Gasteiger partial charge in [0.05, 0.1) is 5.69 Å². The molecule has 0 aliphatic rings. The highest BCUT2D eigenvalue weighted by Gasteiger charge is 2.15. The SMILES string of the molecule is Cc1ccc(-c2[nH]nc(N)c2C(C)C)cc1Br. The van der Waals surface area contributed by atoms with E-state index in [1.807, 2.05) is 0 Å². The summed E-state index contributed by atoms with van der Waals surface area (Å²) < 4.78 is 1.10. The first-order valence-corrected chi connectivity index (χ1v) is 6.40. The molecule has 0 unspecified atom stereocenters. The van der Waals surface area contributed by atoms with Crippen LogP contribution in [0, 0.1) is 6.92 Å². The first kappa shape index (κ1) is 12.2. The summed E-state index contributed by atoms with van der Waals surface area (Å²) in [6.07, 6.45) is 0. The molecule has 1 aromatic carbocycles. The number of hydrogen-bond acceptors (Lipinski definition) is 2. The van der Waals surface area contributed by atoms with Crippen molar-refractivity contribution in [2.75, 3.05) is 5.73 Å². The average Bonchev–Trinajstić information content (AvgIpc) is 2.64. The van der Waals surface area contributed by atoms with Crippen molar-refractivity contribution in [3.05, 3.63) is 33.8 Å². The number of nitrogens with one attached hydrogen (secondary N) is 1. The van der Waals surface area contributed by atoms with Crippen LogP contribution in [0.4, 0.5) is 5.82 Å². The quantitative estimate of drug-likeness (QED) is 0.883. The number of hydrogen-bond donors (Lipinski definition) is 2. The molecule has 0 saturated carbocycles. The van der Waals surface area contributed by atoms with Gasteiger partial charge in [-0.25, -0.2) is 0 Å². The van der Waals surface area contributed by atoms with E-state index in [2.05, 4.69) is 65.1 Å². The molecule has 0 atom stereocenters. The third-order valence-electron chi connectivity index (χ3n) is 2.87. The molecule has 1 heterocycles. The molecule has 1 aromatic heterocycles. The Balaban J connectivity index is 2.56. The molecule has 3 N–H and O–H groups in total. The van der Waals surface area contributed by atoms with Crippen molar-refractivity contribution < 1.29 is 0 Å². The predicted octanol–water partition coefficient (Wildman–Crippen LogP) is 3.85. The van der Waals surface area contributed by atoms with Crippen LogP contribution < -0.4 is 5.73 Å². The minimum absolute atomic E-state index is 0.351. The van der Waals surface area contributed by atoms with Gasteiger partial charge in [0.25, 0.3) is 0 Å². The van der Waals surface area contributed by atoms with E-state index in [1.54, 1.807) is 0 Å². The molecular formula is C13H16BrN3. The van der Waals surface area contributed by atoms with Crippen LogP contribution >= 0.6 is 15.9 Å². The van der Waals surface area contributed by atoms with Gasteiger partial charge in [0.15, 0.2) is 0 Å². The number of nitrogen functional groups attached to an aromatic ring is 1. The van der Waals surface area contributed by atoms with Gasteiger partial charge in [-0.1, -0.05) is 41.9 Å². The number of nitrogens with zero attached hydrogens (tertiary/aromatic N) is 1. The summed E-state index contributed by atoms with van der Waals surface area (Å²) >= 11 is 3.55. The Labute approximate surface area is 110 Å². The molecule has 0 spiro atoms. The second kappa shape index (κ2) is 4.53. The van der Waals surface area contributed by atoms with Gasteiger partial charge >= 0.3 is 0 Å². The van der Waals surface area contributed by atoms with Crippen molar-refractivity contribution in [1.29, 1.82) is 0 Å². The Bertz CT molecular complexity index is 544. The van der Waals surface area contributed by atoms with Crippen molar-refractivity contribution in [3.63, 3.8) is 0 Å². The fourth-order valence-electron chi connectivity index (χ4n) is 1.92. The Morgan fingerprint density at radius 1 is 1.35 bits per heavy atom. The summed E-state index contributed by atoms with van der Waals surface area (Å²) in [5.74, 6) is 0.940. The van der Waals surface area contributed by atoms with Gasteiger partial charge in [0.2, 0.25) is 0 Å². The van der Waals surface area contributed by atoms with Crippen molar-refractivity contribution >= 4 is 21.7 Å². The lowest BCUT2D eigenvalue weighted by Gasteiger charge is -2.08. The minimum atomic E-state index is 0.351. The Hall–Kier alpha value is -1.29. The fraction of sp³-hybridized carbons (Fsp3) is 0.308. The van der Waals surface area contributed by atoms with Gasteiger partial charge in [-0.2, -0.15) is 5.10 Å². The molecule has 0 aliphatic carbocycles. The Morgan fingerprint density at radius 3 is 2.65 bits per heavy atom. The lowest BCUT2D eigenvalue weighted by atomic mass is 9.98. The monoisotopic (exact) mass is 293 g/mol. The van der Waals surface area contributed by atoms with E-state index in [0.29, 0.717) is 11.7 Å². The molecule has 90 valence electrons. The second-order valence-corrected chi connectivity index (χ2v) is 5.37. The summed E-state index contributed by atoms with van der Waals surface area (Å²) in [7, 11) is 0. The summed E-state index contributed by atoms with van der Waals surface area (Å²) in [6, 6.07) is 6.26. The summed E-state index contributed by atoms with van der Waals surface area (Å²) in [6.45, 7) is 6.31. The third kappa shape index (κ3) is 2.22. The smallest absolute Gasteiger partial charge is 0.149 e. The summed E-state index contributed by atoms with van der Waals surface area (Å²) in [4.78, 5) is 0. The molecule has 0 aliphatic heterocycles. The zero-order valence-corrected chi connectivity index (χ0v) is 11.8. The molecule has 3 nitrogen and oxygen atoms in total. The average molecular weight is 294 g/mol. The molecule has 0 amide bonds. The second-order valence-electron chi connectivity index (χ2n) is 4.52. The first-order chi connectivity index (χ1) is 8.00. The molecule has 2 rings (SSSR count). The van der Waals surface area contributed by atoms with E-state index in [9.17, 15) is 0 Å². The Kier molecular flexibility index (Phi) is 3.24. The molecule has 0 fully saturated rings. The van der Waals surface area contributed by atoms with Gasteiger partial charge in [0, 0.05) is 15.6 Å². The van der Waals surface area contributed by atoms with Crippen molar-refractivity contribution in [1.82, 2.24) is 10.2 Å². The van der Waals surface area contributed by atoms with E-state index >= 15 is 0 Å². The van der Waals surface area contributed by atoms with Crippen LogP contribution in [-0.4, -0.2) is 10.2 Å². The maximum Gasteiger partial charge on any atom is 0.149 e. The minimum Gasteiger partial charge on any atom is -0.382 e. The maximum atomic E-state index is 5.89. The van der Waals surface area contributed by atoms with E-state index < -0.39 is 0 Å². The van der Waals surface area contributed by atoms with Gasteiger partial charge in [-0.05, 0) is 24.5 Å². The molecule has 4 heteroatoms. The number of rotatable bonds is 2. The molecule has 0 bridgehead atoms. The number of aromatic amines is 1. The Morgan fingerprint density at radius 2 is 2.06 bits per heavy atom. The highest BCUT2D eigenvalue weighted by Crippen LogP contribution is 2.33. The molecule has 0 saturated heterocycles. The van der Waals surface area contributed by atoms with Crippen LogP contribution in [0.15, 0.2) is 22.7 Å². The van der Waals surface area contributed by atoms with Crippen molar-refractivity contribution in [3.8, 4) is 11.3 Å². The first-order valence-electron chi connectivity index (χ1n) is 5.61. The number of aryl methyl sites for hydroxylation is 1.